The first-order valence-electron chi connectivity index (χ1n) is 25.5. The zero-order valence-corrected chi connectivity index (χ0v) is 42.6. The van der Waals surface area contributed by atoms with E-state index in [1.807, 2.05) is 127 Å². The van der Waals surface area contributed by atoms with E-state index in [-0.39, 0.29) is 57.2 Å². The van der Waals surface area contributed by atoms with Crippen LogP contribution in [0.15, 0.2) is 224 Å². The number of benzene rings is 9. The summed E-state index contributed by atoms with van der Waals surface area (Å²) >= 11 is 0. The largest absolute Gasteiger partial charge is 0.416 e. The molecule has 3 aromatic heterocycles. The molecule has 0 aliphatic rings. The number of nitrogens with zero attached hydrogens (tertiary/aromatic N) is 5. The minimum atomic E-state index is -5.20. The lowest BCUT2D eigenvalue weighted by atomic mass is 9.97. The molecule has 0 saturated carbocycles. The number of alkyl halides is 12. The van der Waals surface area contributed by atoms with Gasteiger partial charge in [-0.2, -0.15) is 52.7 Å². The van der Waals surface area contributed by atoms with Crippen molar-refractivity contribution in [2.75, 3.05) is 0 Å². The molecule has 3 heterocycles. The Kier molecular flexibility index (Phi) is 13.3. The fraction of sp³-hybridized carbons (Fsp3) is 0.0606. The predicted octanol–water partition coefficient (Wildman–Crippen LogP) is 19.8. The lowest BCUT2D eigenvalue weighted by Gasteiger charge is -2.18. The topological polar surface area (TPSA) is 56.5 Å². The summed E-state index contributed by atoms with van der Waals surface area (Å²) in [5.74, 6) is 0.328. The summed E-state index contributed by atoms with van der Waals surface area (Å²) in [4.78, 5) is 20.5. The molecule has 0 bridgehead atoms. The smallest absolute Gasteiger partial charge is 0.308 e. The monoisotopic (exact) mass is 1130 g/mol. The van der Waals surface area contributed by atoms with Crippen molar-refractivity contribution >= 4 is 21.8 Å². The molecule has 410 valence electrons. The van der Waals surface area contributed by atoms with Crippen molar-refractivity contribution in [2.24, 2.45) is 0 Å². The molecule has 0 radical (unpaired) electrons. The van der Waals surface area contributed by atoms with Crippen molar-refractivity contribution in [1.29, 1.82) is 0 Å². The molecule has 17 heteroatoms. The van der Waals surface area contributed by atoms with Gasteiger partial charge >= 0.3 is 24.7 Å². The molecule has 0 amide bonds. The second kappa shape index (κ2) is 20.6. The minimum absolute atomic E-state index is 0.0156. The number of hydrogen-bond acceptors (Lipinski definition) is 4. The van der Waals surface area contributed by atoms with Crippen molar-refractivity contribution < 1.29 is 52.7 Å². The normalized spacial score (nSPS) is 12.3. The van der Waals surface area contributed by atoms with E-state index in [2.05, 4.69) is 0 Å². The average molecular weight is 1130 g/mol. The molecule has 12 rings (SSSR count). The second-order valence-corrected chi connectivity index (χ2v) is 19.5. The zero-order chi connectivity index (χ0) is 58.0. The van der Waals surface area contributed by atoms with Gasteiger partial charge in [0.05, 0.1) is 61.8 Å². The first-order chi connectivity index (χ1) is 39.6. The fourth-order valence-corrected chi connectivity index (χ4v) is 10.1. The highest BCUT2D eigenvalue weighted by molar-refractivity contribution is 6.12. The maximum atomic E-state index is 14.4. The molecule has 0 fully saturated rings. The molecular weight excluding hydrogens is 1090 g/mol. The van der Waals surface area contributed by atoms with Gasteiger partial charge in [-0.05, 0) is 101 Å². The molecule has 0 aliphatic heterocycles. The minimum Gasteiger partial charge on any atom is -0.308 e. The Labute approximate surface area is 464 Å². The number of halogens is 12. The van der Waals surface area contributed by atoms with Crippen LogP contribution in [0.25, 0.3) is 118 Å². The third kappa shape index (κ3) is 10.8. The molecule has 83 heavy (non-hydrogen) atoms. The van der Waals surface area contributed by atoms with Gasteiger partial charge in [0.1, 0.15) is 0 Å². The number of hydrogen-bond donors (Lipinski definition) is 0. The molecule has 5 nitrogen and oxygen atoms in total. The van der Waals surface area contributed by atoms with Gasteiger partial charge in [0.25, 0.3) is 0 Å². The Hall–Kier alpha value is -9.90. The van der Waals surface area contributed by atoms with Crippen molar-refractivity contribution in [3.05, 3.63) is 247 Å². The number of fused-ring (bicyclic) bond motifs is 3. The Balaban J connectivity index is 1.20. The van der Waals surface area contributed by atoms with E-state index in [0.717, 1.165) is 11.1 Å². The van der Waals surface area contributed by atoms with Crippen LogP contribution < -0.4 is 0 Å². The van der Waals surface area contributed by atoms with Gasteiger partial charge in [-0.25, -0.2) is 19.9 Å². The second-order valence-electron chi connectivity index (χ2n) is 19.5. The molecule has 0 spiro atoms. The Morgan fingerprint density at radius 3 is 0.892 bits per heavy atom. The Morgan fingerprint density at radius 1 is 0.253 bits per heavy atom. The van der Waals surface area contributed by atoms with E-state index in [1.54, 1.807) is 28.8 Å². The van der Waals surface area contributed by atoms with Gasteiger partial charge in [0.15, 0.2) is 11.6 Å². The van der Waals surface area contributed by atoms with Crippen LogP contribution >= 0.6 is 0 Å². The molecule has 0 atom stereocenters. The lowest BCUT2D eigenvalue weighted by molar-refractivity contribution is -0.144. The van der Waals surface area contributed by atoms with E-state index in [4.69, 9.17) is 19.9 Å². The third-order valence-electron chi connectivity index (χ3n) is 14.1. The van der Waals surface area contributed by atoms with Crippen molar-refractivity contribution in [3.63, 3.8) is 0 Å². The molecule has 12 aromatic rings. The lowest BCUT2D eigenvalue weighted by Crippen LogP contribution is -2.11. The standard InChI is InChI=1S/C66H37F12N5/c67-63(68,69)47-27-45(28-48(34-47)64(70,71)72)42-21-24-51-52-25-22-43(46-29-49(65(73,74)75)35-50(30-46)66(76,77)78)33-60(52)83(59(51)32-42)58-26-23-44(61-79-54(38-13-5-1-6-14-38)36-55(80-61)39-15-7-2-8-16-39)31-53(58)62-81-56(40-17-9-3-10-18-40)37-57(82-62)41-19-11-4-12-20-41/h1-37H. The van der Waals surface area contributed by atoms with Crippen LogP contribution in [0.3, 0.4) is 0 Å². The summed E-state index contributed by atoms with van der Waals surface area (Å²) in [5, 5.41) is 0.701. The van der Waals surface area contributed by atoms with Crippen LogP contribution in [-0.2, 0) is 24.7 Å². The van der Waals surface area contributed by atoms with E-state index < -0.39 is 58.1 Å². The van der Waals surface area contributed by atoms with Crippen LogP contribution in [0.5, 0.6) is 0 Å². The van der Waals surface area contributed by atoms with E-state index in [0.29, 0.717) is 74.5 Å². The highest BCUT2D eigenvalue weighted by Crippen LogP contribution is 2.45. The average Bonchev–Trinajstić information content (AvgIpc) is 2.22. The SMILES string of the molecule is FC(F)(F)c1cc(-c2ccc3c4ccc(-c5cc(C(F)(F)F)cc(C(F)(F)F)c5)cc4n(-c4ccc(-c5nc(-c6ccccc6)cc(-c6ccccc6)n5)cc4-c4nc(-c5ccccc5)cc(-c5ccccc5)n4)c3c2)cc(C(F)(F)F)c1. The molecule has 9 aromatic carbocycles. The first-order valence-corrected chi connectivity index (χ1v) is 25.5. The van der Waals surface area contributed by atoms with Crippen LogP contribution in [-0.4, -0.2) is 24.5 Å². The summed E-state index contributed by atoms with van der Waals surface area (Å²) in [6.45, 7) is 0. The summed E-state index contributed by atoms with van der Waals surface area (Å²) in [5.41, 5.74) is -1.25. The van der Waals surface area contributed by atoms with Crippen LogP contribution in [0, 0.1) is 0 Å². The predicted molar refractivity (Wildman–Crippen MR) is 295 cm³/mol. The Bertz CT molecular complexity index is 4110. The summed E-state index contributed by atoms with van der Waals surface area (Å²) in [6.07, 6.45) is -20.8. The first kappa shape index (κ1) is 53.7. The van der Waals surface area contributed by atoms with Gasteiger partial charge in [0, 0.05) is 44.2 Å². The number of rotatable bonds is 9. The summed E-state index contributed by atoms with van der Waals surface area (Å²) < 4.78 is 175. The highest BCUT2D eigenvalue weighted by Gasteiger charge is 2.39. The number of aromatic nitrogens is 5. The zero-order valence-electron chi connectivity index (χ0n) is 42.6. The molecule has 0 N–H and O–H groups in total. The van der Waals surface area contributed by atoms with E-state index in [9.17, 15) is 52.7 Å². The van der Waals surface area contributed by atoms with Crippen molar-refractivity contribution in [1.82, 2.24) is 24.5 Å². The van der Waals surface area contributed by atoms with E-state index >= 15 is 0 Å². The van der Waals surface area contributed by atoms with Gasteiger partial charge in [-0.3, -0.25) is 0 Å². The molecule has 0 saturated heterocycles. The van der Waals surface area contributed by atoms with Gasteiger partial charge in [0.2, 0.25) is 0 Å². The van der Waals surface area contributed by atoms with Crippen molar-refractivity contribution in [2.45, 2.75) is 24.7 Å². The molecule has 0 unspecified atom stereocenters. The van der Waals surface area contributed by atoms with Crippen molar-refractivity contribution in [3.8, 4) is 95.7 Å². The maximum absolute atomic E-state index is 14.4. The van der Waals surface area contributed by atoms with Gasteiger partial charge in [-0.15, -0.1) is 0 Å². The third-order valence-corrected chi connectivity index (χ3v) is 14.1. The van der Waals surface area contributed by atoms with Crippen LogP contribution in [0.1, 0.15) is 22.3 Å². The van der Waals surface area contributed by atoms with Gasteiger partial charge in [-0.1, -0.05) is 146 Å². The maximum Gasteiger partial charge on any atom is 0.416 e. The van der Waals surface area contributed by atoms with E-state index in [1.165, 1.54) is 36.4 Å². The fourth-order valence-electron chi connectivity index (χ4n) is 10.1. The quantitative estimate of drug-likeness (QED) is 0.135. The molecule has 0 aliphatic carbocycles. The Morgan fingerprint density at radius 2 is 0.566 bits per heavy atom. The van der Waals surface area contributed by atoms with Gasteiger partial charge < -0.3 is 4.57 Å². The van der Waals surface area contributed by atoms with Crippen LogP contribution in [0.2, 0.25) is 0 Å². The van der Waals surface area contributed by atoms with Crippen LogP contribution in [0.4, 0.5) is 52.7 Å². The molecular formula is C66H37F12N5. The summed E-state index contributed by atoms with van der Waals surface area (Å²) in [7, 11) is 0. The summed E-state index contributed by atoms with van der Waals surface area (Å²) in [6, 6.07) is 56.6. The highest BCUT2D eigenvalue weighted by atomic mass is 19.4.